The van der Waals surface area contributed by atoms with E-state index in [1.54, 1.807) is 26.2 Å². The zero-order valence-electron chi connectivity index (χ0n) is 18.0. The van der Waals surface area contributed by atoms with Crippen LogP contribution in [-0.2, 0) is 11.3 Å². The fourth-order valence-corrected chi connectivity index (χ4v) is 3.57. The molecule has 1 amide bonds. The first-order valence-corrected chi connectivity index (χ1v) is 10.7. The van der Waals surface area contributed by atoms with Crippen LogP contribution in [-0.4, -0.2) is 54.6 Å². The van der Waals surface area contributed by atoms with Crippen molar-refractivity contribution < 1.29 is 23.4 Å². The maximum atomic E-state index is 12.7. The second kappa shape index (κ2) is 10.7. The highest BCUT2D eigenvalue weighted by atomic mass is 32.2. The van der Waals surface area contributed by atoms with Crippen LogP contribution in [0, 0.1) is 0 Å². The number of nitrogens with zero attached hydrogens (tertiary/aromatic N) is 3. The summed E-state index contributed by atoms with van der Waals surface area (Å²) in [5, 5.41) is 8.44. The highest BCUT2D eigenvalue weighted by Gasteiger charge is 2.17. The molecular formula is C22H25N3O5S. The minimum Gasteiger partial charge on any atom is -0.497 e. The van der Waals surface area contributed by atoms with Gasteiger partial charge < -0.3 is 23.5 Å². The van der Waals surface area contributed by atoms with Gasteiger partial charge in [0.05, 0.1) is 27.1 Å². The summed E-state index contributed by atoms with van der Waals surface area (Å²) in [5.41, 5.74) is 1.74. The first-order chi connectivity index (χ1) is 15.1. The van der Waals surface area contributed by atoms with Gasteiger partial charge in [-0.3, -0.25) is 4.79 Å². The van der Waals surface area contributed by atoms with Crippen molar-refractivity contribution in [1.82, 2.24) is 15.1 Å². The minimum absolute atomic E-state index is 0.0218. The van der Waals surface area contributed by atoms with Gasteiger partial charge in [-0.1, -0.05) is 17.8 Å². The van der Waals surface area contributed by atoms with Crippen LogP contribution in [0.5, 0.6) is 17.2 Å². The molecule has 0 aliphatic rings. The van der Waals surface area contributed by atoms with Crippen LogP contribution in [0.3, 0.4) is 0 Å². The first-order valence-electron chi connectivity index (χ1n) is 9.67. The Morgan fingerprint density at radius 3 is 2.39 bits per heavy atom. The summed E-state index contributed by atoms with van der Waals surface area (Å²) in [5.74, 6) is 2.61. The third-order valence-electron chi connectivity index (χ3n) is 4.62. The van der Waals surface area contributed by atoms with Crippen LogP contribution in [0.1, 0.15) is 12.5 Å². The van der Waals surface area contributed by atoms with Crippen molar-refractivity contribution in [2.45, 2.75) is 18.7 Å². The van der Waals surface area contributed by atoms with E-state index in [2.05, 4.69) is 10.2 Å². The fraction of sp³-hybridized carbons (Fsp3) is 0.318. The minimum atomic E-state index is -0.0218. The number of ether oxygens (including phenoxy) is 3. The van der Waals surface area contributed by atoms with E-state index in [4.69, 9.17) is 18.6 Å². The molecule has 0 N–H and O–H groups in total. The fourth-order valence-electron chi connectivity index (χ4n) is 2.91. The third kappa shape index (κ3) is 5.69. The number of amides is 1. The Balaban J connectivity index is 1.59. The average Bonchev–Trinajstić information content (AvgIpc) is 3.29. The molecule has 0 saturated heterocycles. The summed E-state index contributed by atoms with van der Waals surface area (Å²) in [6.45, 7) is 2.99. The average molecular weight is 444 g/mol. The van der Waals surface area contributed by atoms with Crippen molar-refractivity contribution in [2.75, 3.05) is 33.6 Å². The molecule has 2 aromatic carbocycles. The molecule has 3 rings (SSSR count). The number of benzene rings is 2. The maximum absolute atomic E-state index is 12.7. The smallest absolute Gasteiger partial charge is 0.277 e. The summed E-state index contributed by atoms with van der Waals surface area (Å²) in [7, 11) is 4.79. The second-order valence-electron chi connectivity index (χ2n) is 6.49. The van der Waals surface area contributed by atoms with E-state index < -0.39 is 0 Å². The summed E-state index contributed by atoms with van der Waals surface area (Å²) in [6.07, 6.45) is 0. The molecule has 164 valence electrons. The lowest BCUT2D eigenvalue weighted by atomic mass is 10.2. The van der Waals surface area contributed by atoms with Crippen molar-refractivity contribution in [3.8, 4) is 28.7 Å². The predicted molar refractivity (Wildman–Crippen MR) is 118 cm³/mol. The lowest BCUT2D eigenvalue weighted by Gasteiger charge is -2.21. The number of carbonyl (C=O) groups excluding carboxylic acids is 1. The zero-order chi connectivity index (χ0) is 22.2. The Labute approximate surface area is 185 Å². The molecule has 31 heavy (non-hydrogen) atoms. The molecule has 0 aliphatic carbocycles. The van der Waals surface area contributed by atoms with Crippen LogP contribution in [0.2, 0.25) is 0 Å². The topological polar surface area (TPSA) is 86.9 Å². The van der Waals surface area contributed by atoms with Gasteiger partial charge in [-0.05, 0) is 48.9 Å². The van der Waals surface area contributed by atoms with Gasteiger partial charge >= 0.3 is 0 Å². The van der Waals surface area contributed by atoms with Gasteiger partial charge in [0.25, 0.3) is 5.22 Å². The molecule has 1 aromatic heterocycles. The monoisotopic (exact) mass is 443 g/mol. The summed E-state index contributed by atoms with van der Waals surface area (Å²) < 4.78 is 21.4. The van der Waals surface area contributed by atoms with Crippen LogP contribution in [0.4, 0.5) is 0 Å². The van der Waals surface area contributed by atoms with E-state index in [1.807, 2.05) is 49.4 Å². The Morgan fingerprint density at radius 1 is 1.00 bits per heavy atom. The molecule has 0 fully saturated rings. The van der Waals surface area contributed by atoms with E-state index in [0.717, 1.165) is 16.9 Å². The lowest BCUT2D eigenvalue weighted by Crippen LogP contribution is -2.31. The largest absolute Gasteiger partial charge is 0.497 e. The standard InChI is InChI=1S/C22H25N3O5S/c1-5-25(13-15-6-11-18(28-3)19(12-15)29-4)20(26)14-31-22-24-23-21(30-22)16-7-9-17(27-2)10-8-16/h6-12H,5,13-14H2,1-4H3. The quantitative estimate of drug-likeness (QED) is 0.436. The number of hydrogen-bond donors (Lipinski definition) is 0. The molecule has 8 nitrogen and oxygen atoms in total. The van der Waals surface area contributed by atoms with Crippen molar-refractivity contribution in [2.24, 2.45) is 0 Å². The normalized spacial score (nSPS) is 10.6. The molecule has 0 bridgehead atoms. The van der Waals surface area contributed by atoms with Crippen LogP contribution >= 0.6 is 11.8 Å². The predicted octanol–water partition coefficient (Wildman–Crippen LogP) is 3.90. The molecule has 0 saturated carbocycles. The SMILES string of the molecule is CCN(Cc1ccc(OC)c(OC)c1)C(=O)CSc1nnc(-c2ccc(OC)cc2)o1. The second-order valence-corrected chi connectivity index (χ2v) is 7.41. The van der Waals surface area contributed by atoms with Crippen LogP contribution in [0.15, 0.2) is 52.1 Å². The van der Waals surface area contributed by atoms with E-state index in [-0.39, 0.29) is 11.7 Å². The maximum Gasteiger partial charge on any atom is 0.277 e. The Kier molecular flexibility index (Phi) is 7.77. The van der Waals surface area contributed by atoms with Gasteiger partial charge in [0.2, 0.25) is 11.8 Å². The Bertz CT molecular complexity index is 1010. The van der Waals surface area contributed by atoms with Gasteiger partial charge in [0.1, 0.15) is 5.75 Å². The van der Waals surface area contributed by atoms with Gasteiger partial charge in [-0.2, -0.15) is 0 Å². The van der Waals surface area contributed by atoms with Crippen molar-refractivity contribution in [3.05, 3.63) is 48.0 Å². The Morgan fingerprint density at radius 2 is 1.74 bits per heavy atom. The molecule has 0 radical (unpaired) electrons. The Hall–Kier alpha value is -3.20. The summed E-state index contributed by atoms with van der Waals surface area (Å²) in [4.78, 5) is 14.5. The van der Waals surface area contributed by atoms with E-state index in [9.17, 15) is 4.79 Å². The number of hydrogen-bond acceptors (Lipinski definition) is 8. The van der Waals surface area contributed by atoms with E-state index in [1.165, 1.54) is 11.8 Å². The van der Waals surface area contributed by atoms with Crippen molar-refractivity contribution in [3.63, 3.8) is 0 Å². The van der Waals surface area contributed by atoms with E-state index >= 15 is 0 Å². The number of rotatable bonds is 10. The molecular weight excluding hydrogens is 418 g/mol. The summed E-state index contributed by atoms with van der Waals surface area (Å²) in [6, 6.07) is 13.0. The molecule has 3 aromatic rings. The van der Waals surface area contributed by atoms with Crippen molar-refractivity contribution >= 4 is 17.7 Å². The number of carbonyl (C=O) groups is 1. The lowest BCUT2D eigenvalue weighted by molar-refractivity contribution is -0.128. The van der Waals surface area contributed by atoms with Gasteiger partial charge in [-0.25, -0.2) is 0 Å². The number of thioether (sulfide) groups is 1. The molecule has 0 aliphatic heterocycles. The van der Waals surface area contributed by atoms with Crippen LogP contribution < -0.4 is 14.2 Å². The zero-order valence-corrected chi connectivity index (χ0v) is 18.8. The van der Waals surface area contributed by atoms with Gasteiger partial charge in [-0.15, -0.1) is 10.2 Å². The summed E-state index contributed by atoms with van der Waals surface area (Å²) >= 11 is 1.22. The first kappa shape index (κ1) is 22.5. The molecule has 1 heterocycles. The van der Waals surface area contributed by atoms with Gasteiger partial charge in [0, 0.05) is 18.7 Å². The molecule has 0 atom stereocenters. The number of methoxy groups -OCH3 is 3. The molecule has 0 spiro atoms. The molecule has 9 heteroatoms. The van der Waals surface area contributed by atoms with Gasteiger partial charge in [0.15, 0.2) is 11.5 Å². The molecule has 0 unspecified atom stereocenters. The van der Waals surface area contributed by atoms with Crippen LogP contribution in [0.25, 0.3) is 11.5 Å². The highest BCUT2D eigenvalue weighted by Crippen LogP contribution is 2.28. The highest BCUT2D eigenvalue weighted by molar-refractivity contribution is 7.99. The van der Waals surface area contributed by atoms with Crippen molar-refractivity contribution in [1.29, 1.82) is 0 Å². The third-order valence-corrected chi connectivity index (χ3v) is 5.42. The number of aromatic nitrogens is 2. The van der Waals surface area contributed by atoms with E-state index in [0.29, 0.717) is 35.7 Å².